The summed E-state index contributed by atoms with van der Waals surface area (Å²) in [6.07, 6.45) is 2.30. The normalized spacial score (nSPS) is 17.3. The minimum Gasteiger partial charge on any atom is -0.481 e. The summed E-state index contributed by atoms with van der Waals surface area (Å²) in [6, 6.07) is 19.6. The van der Waals surface area contributed by atoms with E-state index in [0.717, 1.165) is 12.0 Å². The molecule has 27 heavy (non-hydrogen) atoms. The largest absolute Gasteiger partial charge is 0.481 e. The highest BCUT2D eigenvalue weighted by molar-refractivity contribution is 5.83. The predicted molar refractivity (Wildman–Crippen MR) is 106 cm³/mol. The van der Waals surface area contributed by atoms with Crippen LogP contribution in [-0.4, -0.2) is 35.0 Å². The second-order valence-electron chi connectivity index (χ2n) is 7.35. The Labute approximate surface area is 160 Å². The number of benzene rings is 2. The van der Waals surface area contributed by atoms with E-state index < -0.39 is 11.4 Å². The molecule has 2 aromatic rings. The number of likely N-dealkylation sites (tertiary alicyclic amines) is 1. The SMILES string of the molecule is CCC(CC(=O)N1CCC(C(=O)O)(c2ccccc2)CC1)c1ccccc1. The lowest BCUT2D eigenvalue weighted by Gasteiger charge is -2.39. The molecule has 0 aromatic heterocycles. The zero-order valence-corrected chi connectivity index (χ0v) is 15.8. The molecule has 1 atom stereocenters. The average molecular weight is 365 g/mol. The van der Waals surface area contributed by atoms with E-state index in [1.807, 2.05) is 53.4 Å². The second kappa shape index (κ2) is 8.38. The molecular weight excluding hydrogens is 338 g/mol. The molecule has 4 heteroatoms. The number of hydrogen-bond acceptors (Lipinski definition) is 2. The highest BCUT2D eigenvalue weighted by Gasteiger charge is 2.43. The molecule has 0 radical (unpaired) electrons. The van der Waals surface area contributed by atoms with Crippen molar-refractivity contribution in [2.75, 3.05) is 13.1 Å². The van der Waals surface area contributed by atoms with Gasteiger partial charge in [-0.25, -0.2) is 0 Å². The van der Waals surface area contributed by atoms with Gasteiger partial charge in [0.1, 0.15) is 0 Å². The Bertz CT molecular complexity index is 765. The number of carboxylic acids is 1. The van der Waals surface area contributed by atoms with Crippen molar-refractivity contribution in [3.8, 4) is 0 Å². The number of carbonyl (C=O) groups is 2. The lowest BCUT2D eigenvalue weighted by Crippen LogP contribution is -2.49. The molecule has 4 nitrogen and oxygen atoms in total. The van der Waals surface area contributed by atoms with Crippen molar-refractivity contribution in [1.82, 2.24) is 4.90 Å². The molecule has 1 aliphatic heterocycles. The molecule has 1 unspecified atom stereocenters. The van der Waals surface area contributed by atoms with Crippen molar-refractivity contribution in [2.45, 2.75) is 43.9 Å². The summed E-state index contributed by atoms with van der Waals surface area (Å²) in [6.45, 7) is 3.09. The quantitative estimate of drug-likeness (QED) is 0.834. The summed E-state index contributed by atoms with van der Waals surface area (Å²) in [7, 11) is 0. The molecule has 1 N–H and O–H groups in total. The summed E-state index contributed by atoms with van der Waals surface area (Å²) in [5.41, 5.74) is 1.14. The van der Waals surface area contributed by atoms with Gasteiger partial charge >= 0.3 is 5.97 Å². The smallest absolute Gasteiger partial charge is 0.314 e. The van der Waals surface area contributed by atoms with Crippen molar-refractivity contribution < 1.29 is 14.7 Å². The Morgan fingerprint density at radius 2 is 1.56 bits per heavy atom. The summed E-state index contributed by atoms with van der Waals surface area (Å²) in [4.78, 5) is 26.7. The van der Waals surface area contributed by atoms with Gasteiger partial charge in [0, 0.05) is 19.5 Å². The Morgan fingerprint density at radius 1 is 1.00 bits per heavy atom. The number of aliphatic carboxylic acids is 1. The van der Waals surface area contributed by atoms with Crippen LogP contribution in [0.25, 0.3) is 0 Å². The van der Waals surface area contributed by atoms with E-state index in [-0.39, 0.29) is 11.8 Å². The molecule has 1 saturated heterocycles. The van der Waals surface area contributed by atoms with Crippen LogP contribution >= 0.6 is 0 Å². The van der Waals surface area contributed by atoms with Crippen molar-refractivity contribution in [1.29, 1.82) is 0 Å². The molecule has 142 valence electrons. The Kier molecular flexibility index (Phi) is 5.94. The van der Waals surface area contributed by atoms with Crippen LogP contribution < -0.4 is 0 Å². The highest BCUT2D eigenvalue weighted by Crippen LogP contribution is 2.36. The Hall–Kier alpha value is -2.62. The molecule has 1 aliphatic rings. The van der Waals surface area contributed by atoms with Crippen LogP contribution in [0.1, 0.15) is 49.7 Å². The van der Waals surface area contributed by atoms with Gasteiger partial charge in [-0.2, -0.15) is 0 Å². The minimum atomic E-state index is -0.887. The Morgan fingerprint density at radius 3 is 2.07 bits per heavy atom. The van der Waals surface area contributed by atoms with E-state index in [0.29, 0.717) is 32.4 Å². The van der Waals surface area contributed by atoms with Gasteiger partial charge in [0.15, 0.2) is 0 Å². The summed E-state index contributed by atoms with van der Waals surface area (Å²) < 4.78 is 0. The van der Waals surface area contributed by atoms with Crippen LogP contribution in [0.5, 0.6) is 0 Å². The van der Waals surface area contributed by atoms with Gasteiger partial charge in [-0.3, -0.25) is 9.59 Å². The minimum absolute atomic E-state index is 0.123. The van der Waals surface area contributed by atoms with Gasteiger partial charge in [-0.05, 0) is 36.3 Å². The average Bonchev–Trinajstić information content (AvgIpc) is 2.73. The fourth-order valence-corrected chi connectivity index (χ4v) is 4.08. The maximum absolute atomic E-state index is 12.8. The van der Waals surface area contributed by atoms with E-state index in [9.17, 15) is 14.7 Å². The summed E-state index contributed by atoms with van der Waals surface area (Å²) >= 11 is 0. The fraction of sp³-hybridized carbons (Fsp3) is 0.391. The first kappa shape index (κ1) is 19.2. The van der Waals surface area contributed by atoms with Gasteiger partial charge < -0.3 is 10.0 Å². The van der Waals surface area contributed by atoms with Crippen molar-refractivity contribution in [3.63, 3.8) is 0 Å². The number of hydrogen-bond donors (Lipinski definition) is 1. The molecular formula is C23H27NO3. The van der Waals surface area contributed by atoms with Gasteiger partial charge in [-0.15, -0.1) is 0 Å². The lowest BCUT2D eigenvalue weighted by molar-refractivity contribution is -0.148. The highest BCUT2D eigenvalue weighted by atomic mass is 16.4. The van der Waals surface area contributed by atoms with Crippen molar-refractivity contribution >= 4 is 11.9 Å². The monoisotopic (exact) mass is 365 g/mol. The third kappa shape index (κ3) is 4.05. The van der Waals surface area contributed by atoms with Gasteiger partial charge in [0.25, 0.3) is 0 Å². The molecule has 1 heterocycles. The van der Waals surface area contributed by atoms with E-state index in [2.05, 4.69) is 19.1 Å². The van der Waals surface area contributed by atoms with Crippen LogP contribution in [0.15, 0.2) is 60.7 Å². The van der Waals surface area contributed by atoms with Gasteiger partial charge in [0.2, 0.25) is 5.91 Å². The predicted octanol–water partition coefficient (Wildman–Crippen LogP) is 4.22. The number of nitrogens with zero attached hydrogens (tertiary/aromatic N) is 1. The molecule has 1 amide bonds. The second-order valence-corrected chi connectivity index (χ2v) is 7.35. The molecule has 2 aromatic carbocycles. The summed E-state index contributed by atoms with van der Waals surface area (Å²) in [5, 5.41) is 9.90. The molecule has 0 saturated carbocycles. The zero-order valence-electron chi connectivity index (χ0n) is 15.8. The number of carbonyl (C=O) groups excluding carboxylic acids is 1. The van der Waals surface area contributed by atoms with Crippen molar-refractivity contribution in [3.05, 3.63) is 71.8 Å². The Balaban J connectivity index is 1.67. The van der Waals surface area contributed by atoms with Crippen LogP contribution in [0.4, 0.5) is 0 Å². The first-order valence-electron chi connectivity index (χ1n) is 9.68. The standard InChI is InChI=1S/C23H27NO3/c1-2-18(19-9-5-3-6-10-19)17-21(25)24-15-13-23(14-16-24,22(26)27)20-11-7-4-8-12-20/h3-12,18H,2,13-17H2,1H3,(H,26,27). The summed E-state index contributed by atoms with van der Waals surface area (Å²) in [5.74, 6) is -0.465. The van der Waals surface area contributed by atoms with Gasteiger partial charge in [-0.1, -0.05) is 67.6 Å². The molecule has 0 bridgehead atoms. The molecule has 3 rings (SSSR count). The van der Waals surface area contributed by atoms with Crippen LogP contribution in [0, 0.1) is 0 Å². The number of rotatable bonds is 6. The van der Waals surface area contributed by atoms with Crippen LogP contribution in [0.3, 0.4) is 0 Å². The fourth-order valence-electron chi connectivity index (χ4n) is 4.08. The van der Waals surface area contributed by atoms with Crippen LogP contribution in [0.2, 0.25) is 0 Å². The van der Waals surface area contributed by atoms with E-state index >= 15 is 0 Å². The first-order valence-corrected chi connectivity index (χ1v) is 9.68. The zero-order chi connectivity index (χ0) is 19.3. The number of piperidine rings is 1. The van der Waals surface area contributed by atoms with E-state index in [4.69, 9.17) is 0 Å². The van der Waals surface area contributed by atoms with E-state index in [1.165, 1.54) is 5.56 Å². The molecule has 0 spiro atoms. The van der Waals surface area contributed by atoms with Crippen molar-refractivity contribution in [2.24, 2.45) is 0 Å². The number of carboxylic acid groups (broad SMARTS) is 1. The maximum Gasteiger partial charge on any atom is 0.314 e. The number of amides is 1. The first-order chi connectivity index (χ1) is 13.1. The van der Waals surface area contributed by atoms with Crippen LogP contribution in [-0.2, 0) is 15.0 Å². The maximum atomic E-state index is 12.8. The lowest BCUT2D eigenvalue weighted by atomic mass is 9.72. The van der Waals surface area contributed by atoms with E-state index in [1.54, 1.807) is 0 Å². The molecule has 0 aliphatic carbocycles. The third-order valence-electron chi connectivity index (χ3n) is 5.89. The topological polar surface area (TPSA) is 57.6 Å². The third-order valence-corrected chi connectivity index (χ3v) is 5.89. The molecule has 1 fully saturated rings. The van der Waals surface area contributed by atoms with Gasteiger partial charge in [0.05, 0.1) is 5.41 Å².